The van der Waals surface area contributed by atoms with E-state index in [1.54, 1.807) is 12.1 Å². The van der Waals surface area contributed by atoms with Crippen LogP contribution in [0, 0.1) is 18.8 Å². The molecule has 134 valence electrons. The van der Waals surface area contributed by atoms with Crippen molar-refractivity contribution in [1.29, 1.82) is 0 Å². The van der Waals surface area contributed by atoms with Gasteiger partial charge in [0.1, 0.15) is 0 Å². The van der Waals surface area contributed by atoms with Gasteiger partial charge in [-0.05, 0) is 25.1 Å². The number of ether oxygens (including phenoxy) is 1. The Labute approximate surface area is 146 Å². The normalized spacial score (nSPS) is 26.1. The molecule has 2 aliphatic rings. The average molecular weight is 344 g/mol. The first-order valence-electron chi connectivity index (χ1n) is 8.75. The van der Waals surface area contributed by atoms with Crippen molar-refractivity contribution in [3.63, 3.8) is 0 Å². The standard InChI is InChI=1S/C18H24N4O3/c1-12-6-14(21(2)20-12)8-22-9-15-13(11-25-17(15)10-22)7-19-18(23)16-4-3-5-24-16/h3-6,13,15,17H,7-11H2,1-2H3,(H,19,23)/t13-,15+,17+/m0/s1. The highest BCUT2D eigenvalue weighted by Gasteiger charge is 2.43. The molecule has 7 heteroatoms. The van der Waals surface area contributed by atoms with Crippen molar-refractivity contribution >= 4 is 5.91 Å². The third-order valence-electron chi connectivity index (χ3n) is 5.27. The molecule has 1 N–H and O–H groups in total. The topological polar surface area (TPSA) is 72.5 Å². The number of likely N-dealkylation sites (tertiary alicyclic amines) is 1. The number of rotatable bonds is 5. The molecule has 2 fully saturated rings. The third-order valence-corrected chi connectivity index (χ3v) is 5.27. The van der Waals surface area contributed by atoms with E-state index in [0.717, 1.165) is 25.3 Å². The van der Waals surface area contributed by atoms with Gasteiger partial charge in [0.25, 0.3) is 5.91 Å². The Balaban J connectivity index is 1.32. The number of hydrogen-bond donors (Lipinski definition) is 1. The maximum atomic E-state index is 12.0. The Hall–Kier alpha value is -2.12. The highest BCUT2D eigenvalue weighted by atomic mass is 16.5. The van der Waals surface area contributed by atoms with E-state index >= 15 is 0 Å². The number of aromatic nitrogens is 2. The van der Waals surface area contributed by atoms with Crippen LogP contribution in [0.3, 0.4) is 0 Å². The lowest BCUT2D eigenvalue weighted by molar-refractivity contribution is 0.0886. The minimum atomic E-state index is -0.159. The number of fused-ring (bicyclic) bond motifs is 1. The van der Waals surface area contributed by atoms with Gasteiger partial charge in [-0.25, -0.2) is 0 Å². The quantitative estimate of drug-likeness (QED) is 0.882. The first-order valence-corrected chi connectivity index (χ1v) is 8.75. The second kappa shape index (κ2) is 6.65. The first kappa shape index (κ1) is 16.4. The fraction of sp³-hybridized carbons (Fsp3) is 0.556. The van der Waals surface area contributed by atoms with E-state index in [4.69, 9.17) is 9.15 Å². The fourth-order valence-corrected chi connectivity index (χ4v) is 3.98. The minimum Gasteiger partial charge on any atom is -0.459 e. The summed E-state index contributed by atoms with van der Waals surface area (Å²) in [6.07, 6.45) is 1.78. The first-order chi connectivity index (χ1) is 12.1. The van der Waals surface area contributed by atoms with Gasteiger partial charge < -0.3 is 14.5 Å². The zero-order valence-corrected chi connectivity index (χ0v) is 14.6. The van der Waals surface area contributed by atoms with E-state index in [1.165, 1.54) is 12.0 Å². The monoisotopic (exact) mass is 344 g/mol. The molecule has 0 unspecified atom stereocenters. The van der Waals surface area contributed by atoms with Gasteiger partial charge in [0.2, 0.25) is 0 Å². The van der Waals surface area contributed by atoms with E-state index in [-0.39, 0.29) is 12.0 Å². The number of carbonyl (C=O) groups is 1. The summed E-state index contributed by atoms with van der Waals surface area (Å²) in [5.41, 5.74) is 2.27. The van der Waals surface area contributed by atoms with Crippen molar-refractivity contribution in [3.05, 3.63) is 41.6 Å². The van der Waals surface area contributed by atoms with E-state index < -0.39 is 0 Å². The molecule has 4 rings (SSSR count). The van der Waals surface area contributed by atoms with Crippen LogP contribution in [0.15, 0.2) is 28.9 Å². The molecule has 2 aromatic heterocycles. The lowest BCUT2D eigenvalue weighted by atomic mass is 9.93. The predicted octanol–water partition coefficient (Wildman–Crippen LogP) is 1.20. The summed E-state index contributed by atoms with van der Waals surface area (Å²) in [6.45, 7) is 6.18. The Morgan fingerprint density at radius 1 is 1.44 bits per heavy atom. The molecule has 2 aliphatic heterocycles. The average Bonchev–Trinajstić information content (AvgIpc) is 3.32. The minimum absolute atomic E-state index is 0.159. The molecule has 0 aromatic carbocycles. The number of furan rings is 1. The van der Waals surface area contributed by atoms with Crippen LogP contribution in [-0.2, 0) is 18.3 Å². The second-order valence-electron chi connectivity index (χ2n) is 7.08. The molecule has 0 spiro atoms. The van der Waals surface area contributed by atoms with Crippen LogP contribution in [0.4, 0.5) is 0 Å². The van der Waals surface area contributed by atoms with E-state index in [1.807, 2.05) is 18.7 Å². The van der Waals surface area contributed by atoms with Crippen LogP contribution < -0.4 is 5.32 Å². The number of amides is 1. The summed E-state index contributed by atoms with van der Waals surface area (Å²) in [6, 6.07) is 5.53. The van der Waals surface area contributed by atoms with Crippen LogP contribution in [0.5, 0.6) is 0 Å². The SMILES string of the molecule is Cc1cc(CN2C[C@@H]3[C@@H](CNC(=O)c4ccco4)CO[C@@H]3C2)n(C)n1. The van der Waals surface area contributed by atoms with Crippen molar-refractivity contribution in [2.24, 2.45) is 18.9 Å². The van der Waals surface area contributed by atoms with Gasteiger partial charge in [0.05, 0.1) is 30.4 Å². The number of nitrogens with one attached hydrogen (secondary N) is 1. The highest BCUT2D eigenvalue weighted by molar-refractivity contribution is 5.91. The second-order valence-corrected chi connectivity index (χ2v) is 7.08. The molecule has 0 saturated carbocycles. The van der Waals surface area contributed by atoms with Gasteiger partial charge in [-0.2, -0.15) is 5.10 Å². The van der Waals surface area contributed by atoms with E-state index in [2.05, 4.69) is 21.4 Å². The van der Waals surface area contributed by atoms with Crippen molar-refractivity contribution in [2.45, 2.75) is 19.6 Å². The summed E-state index contributed by atoms with van der Waals surface area (Å²) >= 11 is 0. The van der Waals surface area contributed by atoms with Crippen LogP contribution >= 0.6 is 0 Å². The molecular formula is C18H24N4O3. The van der Waals surface area contributed by atoms with Crippen molar-refractivity contribution in [2.75, 3.05) is 26.2 Å². The molecule has 7 nitrogen and oxygen atoms in total. The van der Waals surface area contributed by atoms with Crippen LogP contribution in [0.2, 0.25) is 0 Å². The van der Waals surface area contributed by atoms with Crippen LogP contribution in [0.1, 0.15) is 21.9 Å². The molecule has 0 radical (unpaired) electrons. The number of aryl methyl sites for hydroxylation is 2. The smallest absolute Gasteiger partial charge is 0.286 e. The summed E-state index contributed by atoms with van der Waals surface area (Å²) in [7, 11) is 1.99. The molecule has 3 atom stereocenters. The highest BCUT2D eigenvalue weighted by Crippen LogP contribution is 2.34. The lowest BCUT2D eigenvalue weighted by Crippen LogP contribution is -2.34. The molecular weight excluding hydrogens is 320 g/mol. The van der Waals surface area contributed by atoms with Crippen LogP contribution in [-0.4, -0.2) is 52.9 Å². The van der Waals surface area contributed by atoms with E-state index in [0.29, 0.717) is 30.7 Å². The molecule has 2 aromatic rings. The summed E-state index contributed by atoms with van der Waals surface area (Å²) in [4.78, 5) is 14.5. The van der Waals surface area contributed by atoms with Gasteiger partial charge in [-0.3, -0.25) is 14.4 Å². The largest absolute Gasteiger partial charge is 0.459 e. The molecule has 25 heavy (non-hydrogen) atoms. The van der Waals surface area contributed by atoms with Gasteiger partial charge >= 0.3 is 0 Å². The zero-order chi connectivity index (χ0) is 17.4. The third kappa shape index (κ3) is 3.34. The van der Waals surface area contributed by atoms with E-state index in [9.17, 15) is 4.79 Å². The number of nitrogens with zero attached hydrogens (tertiary/aromatic N) is 3. The van der Waals surface area contributed by atoms with Crippen molar-refractivity contribution < 1.29 is 13.9 Å². The summed E-state index contributed by atoms with van der Waals surface area (Å²) in [5.74, 6) is 1.01. The fourth-order valence-electron chi connectivity index (χ4n) is 3.98. The molecule has 0 bridgehead atoms. The van der Waals surface area contributed by atoms with Gasteiger partial charge in [-0.15, -0.1) is 0 Å². The Morgan fingerprint density at radius 2 is 2.32 bits per heavy atom. The number of carbonyl (C=O) groups excluding carboxylic acids is 1. The maximum Gasteiger partial charge on any atom is 0.286 e. The van der Waals surface area contributed by atoms with Gasteiger partial charge in [-0.1, -0.05) is 0 Å². The lowest BCUT2D eigenvalue weighted by Gasteiger charge is -2.19. The van der Waals surface area contributed by atoms with Crippen molar-refractivity contribution in [3.8, 4) is 0 Å². The number of hydrogen-bond acceptors (Lipinski definition) is 5. The molecule has 0 aliphatic carbocycles. The van der Waals surface area contributed by atoms with Gasteiger partial charge in [0, 0.05) is 45.1 Å². The zero-order valence-electron chi connectivity index (χ0n) is 14.6. The van der Waals surface area contributed by atoms with Crippen LogP contribution in [0.25, 0.3) is 0 Å². The molecule has 2 saturated heterocycles. The molecule has 1 amide bonds. The van der Waals surface area contributed by atoms with Gasteiger partial charge in [0.15, 0.2) is 5.76 Å². The predicted molar refractivity (Wildman–Crippen MR) is 91.0 cm³/mol. The Morgan fingerprint density at radius 3 is 3.04 bits per heavy atom. The Kier molecular flexibility index (Phi) is 4.35. The van der Waals surface area contributed by atoms with Crippen molar-refractivity contribution in [1.82, 2.24) is 20.0 Å². The summed E-state index contributed by atoms with van der Waals surface area (Å²) in [5, 5.41) is 7.39. The Bertz CT molecular complexity index is 740. The summed E-state index contributed by atoms with van der Waals surface area (Å²) < 4.78 is 13.1. The molecule has 4 heterocycles. The maximum absolute atomic E-state index is 12.0.